The summed E-state index contributed by atoms with van der Waals surface area (Å²) in [6, 6.07) is 6.11. The molecule has 1 aromatic carbocycles. The first-order valence-electron chi connectivity index (χ1n) is 4.43. The van der Waals surface area contributed by atoms with Crippen molar-refractivity contribution in [2.45, 2.75) is 0 Å². The number of fused-ring (bicyclic) bond motifs is 1. The summed E-state index contributed by atoms with van der Waals surface area (Å²) in [5.41, 5.74) is 0.0825. The number of hydrogen-bond donors (Lipinski definition) is 0. The van der Waals surface area contributed by atoms with Gasteiger partial charge in [-0.25, -0.2) is 4.79 Å². The summed E-state index contributed by atoms with van der Waals surface area (Å²) >= 11 is 3.26. The summed E-state index contributed by atoms with van der Waals surface area (Å²) in [6.07, 6.45) is 0. The summed E-state index contributed by atoms with van der Waals surface area (Å²) in [7, 11) is 1.23. The predicted molar refractivity (Wildman–Crippen MR) is 61.5 cm³/mol. The van der Waals surface area contributed by atoms with E-state index in [9.17, 15) is 9.59 Å². The van der Waals surface area contributed by atoms with Gasteiger partial charge in [-0.3, -0.25) is 4.79 Å². The van der Waals surface area contributed by atoms with Crippen molar-refractivity contribution < 1.29 is 13.9 Å². The van der Waals surface area contributed by atoms with Crippen molar-refractivity contribution in [2.75, 3.05) is 7.11 Å². The second kappa shape index (κ2) is 4.09. The number of esters is 1. The SMILES string of the molecule is COC(=O)c1cc(=O)c2cc(Br)ccc2o1. The van der Waals surface area contributed by atoms with Crippen LogP contribution >= 0.6 is 15.9 Å². The molecule has 0 bridgehead atoms. The number of ether oxygens (including phenoxy) is 1. The number of benzene rings is 1. The molecule has 0 unspecified atom stereocenters. The van der Waals surface area contributed by atoms with Gasteiger partial charge in [0.2, 0.25) is 5.76 Å². The minimum Gasteiger partial charge on any atom is -0.463 e. The van der Waals surface area contributed by atoms with Gasteiger partial charge in [0.1, 0.15) is 5.58 Å². The molecule has 4 nitrogen and oxygen atoms in total. The average Bonchev–Trinajstić information content (AvgIpc) is 2.28. The Kier molecular flexibility index (Phi) is 2.78. The third kappa shape index (κ3) is 1.86. The van der Waals surface area contributed by atoms with Crippen LogP contribution in [0.15, 0.2) is 37.9 Å². The second-order valence-electron chi connectivity index (χ2n) is 3.11. The lowest BCUT2D eigenvalue weighted by Gasteiger charge is -2.01. The first-order chi connectivity index (χ1) is 7.61. The molecule has 0 aliphatic carbocycles. The summed E-state index contributed by atoms with van der Waals surface area (Å²) in [5.74, 6) is -0.760. The predicted octanol–water partition coefficient (Wildman–Crippen LogP) is 2.34. The lowest BCUT2D eigenvalue weighted by Crippen LogP contribution is -2.08. The topological polar surface area (TPSA) is 56.5 Å². The maximum Gasteiger partial charge on any atom is 0.374 e. The molecule has 82 valence electrons. The van der Waals surface area contributed by atoms with E-state index in [2.05, 4.69) is 20.7 Å². The lowest BCUT2D eigenvalue weighted by atomic mass is 10.2. The number of halogens is 1. The zero-order valence-corrected chi connectivity index (χ0v) is 9.91. The smallest absolute Gasteiger partial charge is 0.374 e. The van der Waals surface area contributed by atoms with Crippen LogP contribution in [0.1, 0.15) is 10.6 Å². The molecular formula is C11H7BrO4. The average molecular weight is 283 g/mol. The third-order valence-corrected chi connectivity index (χ3v) is 2.57. The van der Waals surface area contributed by atoms with Crippen molar-refractivity contribution in [3.63, 3.8) is 0 Å². The maximum atomic E-state index is 11.7. The Balaban J connectivity index is 2.73. The number of rotatable bonds is 1. The molecule has 0 fully saturated rings. The lowest BCUT2D eigenvalue weighted by molar-refractivity contribution is 0.0565. The van der Waals surface area contributed by atoms with Crippen LogP contribution in [0.25, 0.3) is 11.0 Å². The molecule has 16 heavy (non-hydrogen) atoms. The third-order valence-electron chi connectivity index (χ3n) is 2.08. The maximum absolute atomic E-state index is 11.7. The minimum atomic E-state index is -0.665. The molecule has 5 heteroatoms. The highest BCUT2D eigenvalue weighted by atomic mass is 79.9. The Bertz CT molecular complexity index is 615. The zero-order chi connectivity index (χ0) is 11.7. The number of methoxy groups -OCH3 is 1. The monoisotopic (exact) mass is 282 g/mol. The highest BCUT2D eigenvalue weighted by Crippen LogP contribution is 2.18. The van der Waals surface area contributed by atoms with Gasteiger partial charge in [-0.2, -0.15) is 0 Å². The van der Waals surface area contributed by atoms with Crippen LogP contribution in [0.2, 0.25) is 0 Å². The first kappa shape index (κ1) is 10.9. The molecule has 0 saturated carbocycles. The standard InChI is InChI=1S/C11H7BrO4/c1-15-11(14)10-5-8(13)7-4-6(12)2-3-9(7)16-10/h2-5H,1H3. The van der Waals surface area contributed by atoms with E-state index < -0.39 is 5.97 Å². The molecule has 2 rings (SSSR count). The van der Waals surface area contributed by atoms with Crippen molar-refractivity contribution in [2.24, 2.45) is 0 Å². The molecule has 0 amide bonds. The van der Waals surface area contributed by atoms with E-state index in [0.29, 0.717) is 11.0 Å². The van der Waals surface area contributed by atoms with E-state index >= 15 is 0 Å². The number of hydrogen-bond acceptors (Lipinski definition) is 4. The molecule has 0 aliphatic heterocycles. The Morgan fingerprint density at radius 2 is 2.12 bits per heavy atom. The van der Waals surface area contributed by atoms with Gasteiger partial charge in [-0.1, -0.05) is 15.9 Å². The van der Waals surface area contributed by atoms with Crippen LogP contribution in [-0.4, -0.2) is 13.1 Å². The largest absolute Gasteiger partial charge is 0.463 e. The van der Waals surface area contributed by atoms with Gasteiger partial charge in [-0.05, 0) is 18.2 Å². The van der Waals surface area contributed by atoms with Crippen molar-refractivity contribution in [3.8, 4) is 0 Å². The second-order valence-corrected chi connectivity index (χ2v) is 4.02. The molecule has 0 saturated heterocycles. The van der Waals surface area contributed by atoms with Gasteiger partial charge in [-0.15, -0.1) is 0 Å². The van der Waals surface area contributed by atoms with E-state index in [1.807, 2.05) is 0 Å². The number of carbonyl (C=O) groups is 1. The van der Waals surface area contributed by atoms with Crippen LogP contribution in [0, 0.1) is 0 Å². The highest BCUT2D eigenvalue weighted by Gasteiger charge is 2.12. The van der Waals surface area contributed by atoms with Gasteiger partial charge < -0.3 is 9.15 Å². The van der Waals surface area contributed by atoms with Gasteiger partial charge in [0.05, 0.1) is 12.5 Å². The molecule has 0 spiro atoms. The van der Waals surface area contributed by atoms with Crippen molar-refractivity contribution >= 4 is 32.9 Å². The van der Waals surface area contributed by atoms with E-state index in [-0.39, 0.29) is 11.2 Å². The first-order valence-corrected chi connectivity index (χ1v) is 5.23. The molecule has 1 heterocycles. The fourth-order valence-corrected chi connectivity index (χ4v) is 1.69. The van der Waals surface area contributed by atoms with Crippen LogP contribution < -0.4 is 5.43 Å². The summed E-state index contributed by atoms with van der Waals surface area (Å²) in [5, 5.41) is 0.419. The van der Waals surface area contributed by atoms with E-state index in [0.717, 1.165) is 10.5 Å². The van der Waals surface area contributed by atoms with Crippen molar-refractivity contribution in [3.05, 3.63) is 44.7 Å². The van der Waals surface area contributed by atoms with Gasteiger partial charge in [0.15, 0.2) is 5.43 Å². The Morgan fingerprint density at radius 3 is 2.81 bits per heavy atom. The van der Waals surface area contributed by atoms with E-state index in [1.54, 1.807) is 18.2 Å². The molecule has 0 atom stereocenters. The summed E-state index contributed by atoms with van der Waals surface area (Å²) < 4.78 is 10.5. The molecule has 0 aliphatic rings. The molecule has 1 aromatic heterocycles. The molecule has 2 aromatic rings. The number of carbonyl (C=O) groups excluding carboxylic acids is 1. The Morgan fingerprint density at radius 1 is 1.38 bits per heavy atom. The van der Waals surface area contributed by atoms with E-state index in [1.165, 1.54) is 7.11 Å². The summed E-state index contributed by atoms with van der Waals surface area (Å²) in [6.45, 7) is 0. The van der Waals surface area contributed by atoms with E-state index in [4.69, 9.17) is 4.42 Å². The zero-order valence-electron chi connectivity index (χ0n) is 8.32. The van der Waals surface area contributed by atoms with Gasteiger partial charge in [0, 0.05) is 10.5 Å². The van der Waals surface area contributed by atoms with Crippen molar-refractivity contribution in [1.82, 2.24) is 0 Å². The normalized spacial score (nSPS) is 10.4. The van der Waals surface area contributed by atoms with Crippen LogP contribution in [0.4, 0.5) is 0 Å². The summed E-state index contributed by atoms with van der Waals surface area (Å²) in [4.78, 5) is 22.9. The Hall–Kier alpha value is -1.62. The molecular weight excluding hydrogens is 276 g/mol. The van der Waals surface area contributed by atoms with Crippen molar-refractivity contribution in [1.29, 1.82) is 0 Å². The quantitative estimate of drug-likeness (QED) is 0.754. The fraction of sp³-hybridized carbons (Fsp3) is 0.0909. The molecule has 0 N–H and O–H groups in total. The minimum absolute atomic E-state index is 0.0951. The Labute approximate surface area is 99.0 Å². The van der Waals surface area contributed by atoms with Crippen LogP contribution in [-0.2, 0) is 4.74 Å². The fourth-order valence-electron chi connectivity index (χ4n) is 1.33. The van der Waals surface area contributed by atoms with Gasteiger partial charge in [0.25, 0.3) is 0 Å². The molecule has 0 radical (unpaired) electrons. The van der Waals surface area contributed by atoms with Crippen LogP contribution in [0.3, 0.4) is 0 Å². The van der Waals surface area contributed by atoms with Gasteiger partial charge >= 0.3 is 5.97 Å². The van der Waals surface area contributed by atoms with Crippen LogP contribution in [0.5, 0.6) is 0 Å². The highest BCUT2D eigenvalue weighted by molar-refractivity contribution is 9.10.